The van der Waals surface area contributed by atoms with E-state index in [2.05, 4.69) is 50.5 Å². The number of piperidine rings is 1. The molecule has 4 nitrogen and oxygen atoms in total. The van der Waals surface area contributed by atoms with Gasteiger partial charge in [-0.25, -0.2) is 9.97 Å². The van der Waals surface area contributed by atoms with Crippen LogP contribution >= 0.6 is 0 Å². The number of benzene rings is 1. The van der Waals surface area contributed by atoms with Crippen LogP contribution in [-0.4, -0.2) is 34.0 Å². The maximum atomic E-state index is 4.29. The van der Waals surface area contributed by atoms with Crippen molar-refractivity contribution >= 4 is 5.82 Å². The molecule has 2 aromatic rings. The molecule has 1 fully saturated rings. The predicted molar refractivity (Wildman–Crippen MR) is 89.7 cm³/mol. The van der Waals surface area contributed by atoms with Crippen LogP contribution in [0.4, 0.5) is 5.82 Å². The van der Waals surface area contributed by atoms with Gasteiger partial charge in [0.25, 0.3) is 0 Å². The lowest BCUT2D eigenvalue weighted by Gasteiger charge is -2.36. The highest BCUT2D eigenvalue weighted by Crippen LogP contribution is 2.20. The Balaban J connectivity index is 1.60. The van der Waals surface area contributed by atoms with E-state index in [1.165, 1.54) is 31.4 Å². The van der Waals surface area contributed by atoms with E-state index in [-0.39, 0.29) is 0 Å². The smallest absolute Gasteiger partial charge is 0.129 e. The molecule has 1 N–H and O–H groups in total. The summed E-state index contributed by atoms with van der Waals surface area (Å²) in [6, 6.07) is 13.3. The molecule has 1 aromatic carbocycles. The van der Waals surface area contributed by atoms with Crippen molar-refractivity contribution < 1.29 is 0 Å². The van der Waals surface area contributed by atoms with Crippen LogP contribution in [0, 0.1) is 6.92 Å². The molecule has 0 spiro atoms. The maximum Gasteiger partial charge on any atom is 0.129 e. The summed E-state index contributed by atoms with van der Waals surface area (Å²) in [5.41, 5.74) is 2.40. The lowest BCUT2D eigenvalue weighted by atomic mass is 10.0. The summed E-state index contributed by atoms with van der Waals surface area (Å²) >= 11 is 0. The van der Waals surface area contributed by atoms with Gasteiger partial charge in [-0.3, -0.25) is 4.90 Å². The Bertz CT molecular complexity index is 585. The highest BCUT2D eigenvalue weighted by molar-refractivity contribution is 5.34. The van der Waals surface area contributed by atoms with E-state index in [0.29, 0.717) is 6.04 Å². The minimum atomic E-state index is 0.573. The first kappa shape index (κ1) is 15.0. The largest absolute Gasteiger partial charge is 0.368 e. The van der Waals surface area contributed by atoms with Gasteiger partial charge in [0.05, 0.1) is 0 Å². The number of nitrogens with zero attached hydrogens (tertiary/aromatic N) is 3. The van der Waals surface area contributed by atoms with Crippen LogP contribution in [0.3, 0.4) is 0 Å². The molecule has 2 heterocycles. The van der Waals surface area contributed by atoms with Gasteiger partial charge in [-0.2, -0.15) is 0 Å². The molecule has 0 amide bonds. The van der Waals surface area contributed by atoms with Crippen molar-refractivity contribution in [2.45, 2.75) is 38.8 Å². The van der Waals surface area contributed by atoms with Gasteiger partial charge in [0, 0.05) is 30.9 Å². The van der Waals surface area contributed by atoms with Crippen LogP contribution in [0.5, 0.6) is 0 Å². The minimum Gasteiger partial charge on any atom is -0.368 e. The molecule has 0 bridgehead atoms. The van der Waals surface area contributed by atoms with E-state index in [1.54, 1.807) is 6.33 Å². The third kappa shape index (κ3) is 4.04. The molecular formula is C18H24N4. The second-order valence-corrected chi connectivity index (χ2v) is 6.03. The first-order valence-electron chi connectivity index (χ1n) is 8.12. The molecule has 0 aliphatic carbocycles. The zero-order chi connectivity index (χ0) is 15.2. The molecule has 116 valence electrons. The van der Waals surface area contributed by atoms with Gasteiger partial charge in [0.15, 0.2) is 0 Å². The van der Waals surface area contributed by atoms with Crippen LogP contribution < -0.4 is 5.32 Å². The van der Waals surface area contributed by atoms with E-state index in [0.717, 1.165) is 24.6 Å². The van der Waals surface area contributed by atoms with Crippen molar-refractivity contribution in [2.24, 2.45) is 0 Å². The van der Waals surface area contributed by atoms with Gasteiger partial charge < -0.3 is 5.32 Å². The van der Waals surface area contributed by atoms with Crippen molar-refractivity contribution in [2.75, 3.05) is 18.4 Å². The van der Waals surface area contributed by atoms with Crippen LogP contribution in [0.25, 0.3) is 0 Å². The predicted octanol–water partition coefficient (Wildman–Crippen LogP) is 3.25. The van der Waals surface area contributed by atoms with Gasteiger partial charge >= 0.3 is 0 Å². The van der Waals surface area contributed by atoms with Crippen LogP contribution in [0.1, 0.15) is 30.5 Å². The Kier molecular flexibility index (Phi) is 5.01. The number of hydrogen-bond donors (Lipinski definition) is 1. The number of hydrogen-bond acceptors (Lipinski definition) is 4. The van der Waals surface area contributed by atoms with Crippen LogP contribution in [0.15, 0.2) is 42.7 Å². The summed E-state index contributed by atoms with van der Waals surface area (Å²) in [6.07, 6.45) is 5.50. The average Bonchev–Trinajstić information content (AvgIpc) is 2.55. The van der Waals surface area contributed by atoms with E-state index in [1.807, 2.05) is 13.0 Å². The summed E-state index contributed by atoms with van der Waals surface area (Å²) < 4.78 is 0. The summed E-state index contributed by atoms with van der Waals surface area (Å²) in [5, 5.41) is 3.48. The fraction of sp³-hybridized carbons (Fsp3) is 0.444. The fourth-order valence-electron chi connectivity index (χ4n) is 3.09. The number of rotatable bonds is 5. The molecule has 3 rings (SSSR count). The molecule has 22 heavy (non-hydrogen) atoms. The maximum absolute atomic E-state index is 4.29. The van der Waals surface area contributed by atoms with Crippen molar-refractivity contribution in [3.63, 3.8) is 0 Å². The lowest BCUT2D eigenvalue weighted by Crippen LogP contribution is -2.43. The molecule has 4 heteroatoms. The summed E-state index contributed by atoms with van der Waals surface area (Å²) in [5.74, 6) is 0.928. The number of likely N-dealkylation sites (tertiary alicyclic amines) is 1. The molecule has 0 radical (unpaired) electrons. The molecule has 1 saturated heterocycles. The highest BCUT2D eigenvalue weighted by atomic mass is 15.2. The molecule has 1 unspecified atom stereocenters. The lowest BCUT2D eigenvalue weighted by molar-refractivity contribution is 0.148. The summed E-state index contributed by atoms with van der Waals surface area (Å²) in [4.78, 5) is 11.0. The minimum absolute atomic E-state index is 0.573. The zero-order valence-corrected chi connectivity index (χ0v) is 13.2. The van der Waals surface area contributed by atoms with Crippen molar-refractivity contribution in [1.82, 2.24) is 14.9 Å². The quantitative estimate of drug-likeness (QED) is 0.919. The number of aromatic nitrogens is 2. The molecule has 1 aliphatic heterocycles. The monoisotopic (exact) mass is 296 g/mol. The average molecular weight is 296 g/mol. The third-order valence-corrected chi connectivity index (χ3v) is 4.30. The molecule has 0 saturated carbocycles. The number of anilines is 1. The Hall–Kier alpha value is -1.94. The standard InChI is InChI=1S/C18H24N4/c1-15-11-18(21-14-20-15)19-12-17-9-5-6-10-22(17)13-16-7-3-2-4-8-16/h2-4,7-8,11,14,17H,5-6,9-10,12-13H2,1H3,(H,19,20,21). The van der Waals surface area contributed by atoms with Gasteiger partial charge in [0.1, 0.15) is 12.1 Å². The summed E-state index contributed by atoms with van der Waals surface area (Å²) in [7, 11) is 0. The Labute approximate surface area is 132 Å². The SMILES string of the molecule is Cc1cc(NCC2CCCCN2Cc2ccccc2)ncn1. The number of nitrogens with one attached hydrogen (secondary N) is 1. The molecule has 1 aliphatic rings. The molecule has 1 aromatic heterocycles. The van der Waals surface area contributed by atoms with E-state index in [9.17, 15) is 0 Å². The molecular weight excluding hydrogens is 272 g/mol. The molecule has 1 atom stereocenters. The van der Waals surface area contributed by atoms with Gasteiger partial charge in [-0.05, 0) is 31.9 Å². The van der Waals surface area contributed by atoms with E-state index >= 15 is 0 Å². The van der Waals surface area contributed by atoms with Crippen molar-refractivity contribution in [1.29, 1.82) is 0 Å². The Morgan fingerprint density at radius 1 is 1.18 bits per heavy atom. The van der Waals surface area contributed by atoms with Crippen LogP contribution in [-0.2, 0) is 6.54 Å². The van der Waals surface area contributed by atoms with Gasteiger partial charge in [0.2, 0.25) is 0 Å². The van der Waals surface area contributed by atoms with Crippen molar-refractivity contribution in [3.05, 3.63) is 54.0 Å². The second kappa shape index (κ2) is 7.36. The first-order chi connectivity index (χ1) is 10.8. The van der Waals surface area contributed by atoms with E-state index < -0.39 is 0 Å². The topological polar surface area (TPSA) is 41.0 Å². The summed E-state index contributed by atoms with van der Waals surface area (Å²) in [6.45, 7) is 5.17. The normalized spacial score (nSPS) is 19.0. The fourth-order valence-corrected chi connectivity index (χ4v) is 3.09. The van der Waals surface area contributed by atoms with Crippen molar-refractivity contribution in [3.8, 4) is 0 Å². The van der Waals surface area contributed by atoms with Gasteiger partial charge in [-0.1, -0.05) is 36.8 Å². The van der Waals surface area contributed by atoms with Crippen LogP contribution in [0.2, 0.25) is 0 Å². The Morgan fingerprint density at radius 3 is 2.86 bits per heavy atom. The highest BCUT2D eigenvalue weighted by Gasteiger charge is 2.22. The zero-order valence-electron chi connectivity index (χ0n) is 13.2. The first-order valence-corrected chi connectivity index (χ1v) is 8.12. The third-order valence-electron chi connectivity index (χ3n) is 4.30. The number of aryl methyl sites for hydroxylation is 1. The Morgan fingerprint density at radius 2 is 2.05 bits per heavy atom. The van der Waals surface area contributed by atoms with Gasteiger partial charge in [-0.15, -0.1) is 0 Å². The second-order valence-electron chi connectivity index (χ2n) is 6.03. The van der Waals surface area contributed by atoms with E-state index in [4.69, 9.17) is 0 Å².